The van der Waals surface area contributed by atoms with E-state index in [1.165, 1.54) is 29.2 Å². The summed E-state index contributed by atoms with van der Waals surface area (Å²) in [7, 11) is 0. The Kier molecular flexibility index (Phi) is 2.77. The minimum Gasteiger partial charge on any atom is -0.233 e. The molecular formula is C8H10BrNS2. The normalized spacial score (nSPS) is 23.3. The van der Waals surface area contributed by atoms with E-state index in [1.54, 1.807) is 11.3 Å². The molecular weight excluding hydrogens is 254 g/mol. The Balaban J connectivity index is 2.25. The van der Waals surface area contributed by atoms with Gasteiger partial charge in [0.1, 0.15) is 0 Å². The third-order valence-corrected chi connectivity index (χ3v) is 4.86. The maximum Gasteiger partial charge on any atom is 0.159 e. The number of halogens is 1. The van der Waals surface area contributed by atoms with Crippen LogP contribution in [0.3, 0.4) is 0 Å². The van der Waals surface area contributed by atoms with Gasteiger partial charge in [-0.05, 0) is 41.4 Å². The van der Waals surface area contributed by atoms with Crippen LogP contribution in [0.4, 0.5) is 0 Å². The van der Waals surface area contributed by atoms with Gasteiger partial charge >= 0.3 is 0 Å². The molecule has 1 fully saturated rings. The van der Waals surface area contributed by atoms with Gasteiger partial charge in [-0.1, -0.05) is 0 Å². The van der Waals surface area contributed by atoms with Gasteiger partial charge in [-0.25, -0.2) is 4.98 Å². The second-order valence-electron chi connectivity index (χ2n) is 2.91. The molecule has 1 aliphatic rings. The van der Waals surface area contributed by atoms with Crippen LogP contribution in [0.2, 0.25) is 0 Å². The minimum absolute atomic E-state index is 0.674. The highest BCUT2D eigenvalue weighted by molar-refractivity contribution is 9.11. The highest BCUT2D eigenvalue weighted by Crippen LogP contribution is 2.42. The summed E-state index contributed by atoms with van der Waals surface area (Å²) in [5, 5.41) is 0.674. The number of thiazole rings is 1. The summed E-state index contributed by atoms with van der Waals surface area (Å²) in [6.45, 7) is 2.16. The average molecular weight is 264 g/mol. The molecule has 1 aliphatic heterocycles. The molecule has 1 atom stereocenters. The molecule has 0 aromatic carbocycles. The second-order valence-corrected chi connectivity index (χ2v) is 6.70. The van der Waals surface area contributed by atoms with Gasteiger partial charge in [0, 0.05) is 10.1 Å². The third-order valence-electron chi connectivity index (χ3n) is 2.04. The van der Waals surface area contributed by atoms with Crippen LogP contribution >= 0.6 is 39.0 Å². The zero-order chi connectivity index (χ0) is 8.55. The Morgan fingerprint density at radius 2 is 2.42 bits per heavy atom. The first-order valence-electron chi connectivity index (χ1n) is 4.02. The molecule has 1 aromatic heterocycles. The molecule has 1 saturated heterocycles. The van der Waals surface area contributed by atoms with Crippen LogP contribution in [-0.2, 0) is 0 Å². The lowest BCUT2D eigenvalue weighted by Crippen LogP contribution is -1.90. The molecule has 0 amide bonds. The summed E-state index contributed by atoms with van der Waals surface area (Å²) in [5.74, 6) is 1.30. The molecule has 2 rings (SSSR count). The lowest BCUT2D eigenvalue weighted by molar-refractivity contribution is 0.806. The molecule has 66 valence electrons. The van der Waals surface area contributed by atoms with E-state index in [0.29, 0.717) is 5.25 Å². The first kappa shape index (κ1) is 9.03. The molecule has 1 aromatic rings. The maximum atomic E-state index is 4.51. The number of rotatable bonds is 1. The van der Waals surface area contributed by atoms with Crippen LogP contribution in [0.5, 0.6) is 0 Å². The van der Waals surface area contributed by atoms with E-state index < -0.39 is 0 Å². The van der Waals surface area contributed by atoms with Crippen LogP contribution in [0, 0.1) is 6.92 Å². The molecule has 0 saturated carbocycles. The fourth-order valence-electron chi connectivity index (χ4n) is 1.47. The number of aryl methyl sites for hydroxylation is 1. The van der Waals surface area contributed by atoms with Crippen LogP contribution in [0.1, 0.15) is 28.7 Å². The highest BCUT2D eigenvalue weighted by Gasteiger charge is 2.22. The summed E-state index contributed by atoms with van der Waals surface area (Å²) in [4.78, 5) is 5.88. The Morgan fingerprint density at radius 3 is 2.92 bits per heavy atom. The fraction of sp³-hybridized carbons (Fsp3) is 0.625. The number of aromatic nitrogens is 1. The van der Waals surface area contributed by atoms with E-state index >= 15 is 0 Å². The number of hydrogen-bond acceptors (Lipinski definition) is 3. The first-order valence-corrected chi connectivity index (χ1v) is 6.67. The molecule has 1 unspecified atom stereocenters. The van der Waals surface area contributed by atoms with Crippen LogP contribution in [-0.4, -0.2) is 10.7 Å². The molecule has 0 spiro atoms. The Morgan fingerprint density at radius 1 is 1.58 bits per heavy atom. The molecule has 4 heteroatoms. The molecule has 12 heavy (non-hydrogen) atoms. The summed E-state index contributed by atoms with van der Waals surface area (Å²) in [6, 6.07) is 0. The van der Waals surface area contributed by atoms with E-state index in [4.69, 9.17) is 0 Å². The summed E-state index contributed by atoms with van der Waals surface area (Å²) in [5.41, 5.74) is 1.31. The van der Waals surface area contributed by atoms with Gasteiger partial charge < -0.3 is 0 Å². The quantitative estimate of drug-likeness (QED) is 0.765. The van der Waals surface area contributed by atoms with E-state index in [0.717, 1.165) is 3.92 Å². The summed E-state index contributed by atoms with van der Waals surface area (Å²) >= 11 is 7.22. The summed E-state index contributed by atoms with van der Waals surface area (Å²) in [6.07, 6.45) is 2.66. The van der Waals surface area contributed by atoms with E-state index in [1.807, 2.05) is 11.8 Å². The maximum absolute atomic E-state index is 4.51. The van der Waals surface area contributed by atoms with Crippen molar-refractivity contribution >= 4 is 39.0 Å². The number of hydrogen-bond donors (Lipinski definition) is 0. The van der Waals surface area contributed by atoms with Crippen molar-refractivity contribution in [2.75, 3.05) is 5.75 Å². The lowest BCUT2D eigenvalue weighted by Gasteiger charge is -2.04. The topological polar surface area (TPSA) is 12.9 Å². The molecule has 0 aliphatic carbocycles. The van der Waals surface area contributed by atoms with E-state index in [-0.39, 0.29) is 0 Å². The molecule has 1 nitrogen and oxygen atoms in total. The zero-order valence-corrected chi connectivity index (χ0v) is 10.1. The van der Waals surface area contributed by atoms with Gasteiger partial charge in [0.2, 0.25) is 0 Å². The minimum atomic E-state index is 0.674. The van der Waals surface area contributed by atoms with Crippen molar-refractivity contribution in [1.29, 1.82) is 0 Å². The Hall–Kier alpha value is 0.460. The predicted molar refractivity (Wildman–Crippen MR) is 59.0 cm³/mol. The van der Waals surface area contributed by atoms with E-state index in [2.05, 4.69) is 27.8 Å². The van der Waals surface area contributed by atoms with Gasteiger partial charge in [0.05, 0.1) is 5.69 Å². The molecule has 0 N–H and O–H groups in total. The number of nitrogens with zero attached hydrogens (tertiary/aromatic N) is 1. The van der Waals surface area contributed by atoms with Gasteiger partial charge in [-0.2, -0.15) is 11.8 Å². The second kappa shape index (κ2) is 3.68. The SMILES string of the molecule is Cc1sc(Br)nc1C1CCCS1. The van der Waals surface area contributed by atoms with Crippen molar-refractivity contribution in [3.8, 4) is 0 Å². The predicted octanol–water partition coefficient (Wildman–Crippen LogP) is 3.78. The van der Waals surface area contributed by atoms with Crippen LogP contribution in [0.15, 0.2) is 3.92 Å². The fourth-order valence-corrected chi connectivity index (χ4v) is 4.49. The number of thioether (sulfide) groups is 1. The first-order chi connectivity index (χ1) is 5.77. The van der Waals surface area contributed by atoms with Crippen LogP contribution < -0.4 is 0 Å². The molecule has 0 bridgehead atoms. The Labute approximate surface area is 89.1 Å². The van der Waals surface area contributed by atoms with Crippen LogP contribution in [0.25, 0.3) is 0 Å². The Bertz CT molecular complexity index is 279. The zero-order valence-electron chi connectivity index (χ0n) is 6.84. The van der Waals surface area contributed by atoms with Crippen molar-refractivity contribution in [3.63, 3.8) is 0 Å². The van der Waals surface area contributed by atoms with Crippen molar-refractivity contribution in [3.05, 3.63) is 14.5 Å². The third kappa shape index (κ3) is 1.70. The average Bonchev–Trinajstić information content (AvgIpc) is 2.58. The van der Waals surface area contributed by atoms with E-state index in [9.17, 15) is 0 Å². The van der Waals surface area contributed by atoms with Crippen molar-refractivity contribution in [1.82, 2.24) is 4.98 Å². The lowest BCUT2D eigenvalue weighted by atomic mass is 10.2. The van der Waals surface area contributed by atoms with Gasteiger partial charge in [0.15, 0.2) is 3.92 Å². The highest BCUT2D eigenvalue weighted by atomic mass is 79.9. The van der Waals surface area contributed by atoms with Crippen molar-refractivity contribution in [2.24, 2.45) is 0 Å². The van der Waals surface area contributed by atoms with Crippen molar-refractivity contribution < 1.29 is 0 Å². The van der Waals surface area contributed by atoms with Gasteiger partial charge in [-0.3, -0.25) is 0 Å². The monoisotopic (exact) mass is 263 g/mol. The molecule has 0 radical (unpaired) electrons. The van der Waals surface area contributed by atoms with Crippen molar-refractivity contribution in [2.45, 2.75) is 25.0 Å². The molecule has 2 heterocycles. The standard InChI is InChI=1S/C8H10BrNS2/c1-5-7(10-8(9)12-5)6-3-2-4-11-6/h6H,2-4H2,1H3. The van der Waals surface area contributed by atoms with Gasteiger partial charge in [0.25, 0.3) is 0 Å². The van der Waals surface area contributed by atoms with Gasteiger partial charge in [-0.15, -0.1) is 11.3 Å². The summed E-state index contributed by atoms with van der Waals surface area (Å²) < 4.78 is 1.03. The smallest absolute Gasteiger partial charge is 0.159 e. The largest absolute Gasteiger partial charge is 0.233 e.